The fraction of sp³-hybridized carbons (Fsp3) is 0.125. The first-order valence-corrected chi connectivity index (χ1v) is 13.1. The SMILES string of the molecule is COC(=O)c1ccc(NC(=O)c2ccc3ccc4ccc(C(=O)Nc5ccc(C(=O)OC)cc5OC)nc4c3n2)c(OC)c1. The fourth-order valence-corrected chi connectivity index (χ4v) is 4.47. The highest BCUT2D eigenvalue weighted by Crippen LogP contribution is 2.29. The number of pyridine rings is 2. The van der Waals surface area contributed by atoms with E-state index in [1.807, 2.05) is 12.1 Å². The number of carbonyl (C=O) groups is 4. The maximum atomic E-state index is 13.2. The molecule has 2 heterocycles. The Kier molecular flexibility index (Phi) is 8.33. The van der Waals surface area contributed by atoms with Gasteiger partial charge in [0.15, 0.2) is 0 Å². The van der Waals surface area contributed by atoms with E-state index in [0.29, 0.717) is 33.2 Å². The van der Waals surface area contributed by atoms with Crippen LogP contribution in [0.2, 0.25) is 0 Å². The number of amides is 2. The van der Waals surface area contributed by atoms with Gasteiger partial charge in [0.25, 0.3) is 11.8 Å². The number of rotatable bonds is 8. The first kappa shape index (κ1) is 29.5. The molecule has 5 rings (SSSR count). The summed E-state index contributed by atoms with van der Waals surface area (Å²) in [6.45, 7) is 0. The lowest BCUT2D eigenvalue weighted by Crippen LogP contribution is -2.15. The molecule has 12 heteroatoms. The van der Waals surface area contributed by atoms with Crippen molar-refractivity contribution in [2.24, 2.45) is 0 Å². The second-order valence-corrected chi connectivity index (χ2v) is 9.32. The van der Waals surface area contributed by atoms with Crippen molar-refractivity contribution in [3.05, 3.63) is 95.3 Å². The number of hydrogen-bond donors (Lipinski definition) is 2. The van der Waals surface area contributed by atoms with E-state index in [1.54, 1.807) is 24.3 Å². The van der Waals surface area contributed by atoms with Crippen molar-refractivity contribution in [1.82, 2.24) is 9.97 Å². The molecular formula is C32H26N4O8. The largest absolute Gasteiger partial charge is 0.495 e. The summed E-state index contributed by atoms with van der Waals surface area (Å²) >= 11 is 0. The number of methoxy groups -OCH3 is 4. The summed E-state index contributed by atoms with van der Waals surface area (Å²) in [6, 6.07) is 19.3. The van der Waals surface area contributed by atoms with Crippen molar-refractivity contribution in [2.75, 3.05) is 39.1 Å². The zero-order valence-electron chi connectivity index (χ0n) is 24.1. The molecule has 0 saturated heterocycles. The number of aromatic nitrogens is 2. The highest BCUT2D eigenvalue weighted by atomic mass is 16.5. The van der Waals surface area contributed by atoms with Crippen LogP contribution in [0.1, 0.15) is 41.7 Å². The van der Waals surface area contributed by atoms with Crippen molar-refractivity contribution in [2.45, 2.75) is 0 Å². The minimum atomic E-state index is -0.541. The second-order valence-electron chi connectivity index (χ2n) is 9.32. The smallest absolute Gasteiger partial charge is 0.337 e. The predicted octanol–water partition coefficient (Wildman–Crippen LogP) is 4.88. The predicted molar refractivity (Wildman–Crippen MR) is 162 cm³/mol. The van der Waals surface area contributed by atoms with Crippen LogP contribution in [-0.4, -0.2) is 62.2 Å². The van der Waals surface area contributed by atoms with Gasteiger partial charge in [0, 0.05) is 10.8 Å². The van der Waals surface area contributed by atoms with E-state index in [4.69, 9.17) is 18.9 Å². The van der Waals surface area contributed by atoms with Gasteiger partial charge < -0.3 is 29.6 Å². The van der Waals surface area contributed by atoms with Crippen molar-refractivity contribution < 1.29 is 38.1 Å². The van der Waals surface area contributed by atoms with Crippen LogP contribution in [0.15, 0.2) is 72.8 Å². The number of ether oxygens (including phenoxy) is 4. The van der Waals surface area contributed by atoms with Crippen LogP contribution >= 0.6 is 0 Å². The van der Waals surface area contributed by atoms with Gasteiger partial charge in [0.2, 0.25) is 0 Å². The Morgan fingerprint density at radius 1 is 0.545 bits per heavy atom. The highest BCUT2D eigenvalue weighted by Gasteiger charge is 2.18. The topological polar surface area (TPSA) is 155 Å². The Hall–Kier alpha value is -6.04. The minimum absolute atomic E-state index is 0.0937. The molecule has 222 valence electrons. The molecule has 5 aromatic rings. The van der Waals surface area contributed by atoms with E-state index in [2.05, 4.69) is 20.6 Å². The average Bonchev–Trinajstić information content (AvgIpc) is 3.07. The lowest BCUT2D eigenvalue weighted by atomic mass is 10.1. The molecule has 0 radical (unpaired) electrons. The van der Waals surface area contributed by atoms with Crippen LogP contribution in [0.25, 0.3) is 21.8 Å². The Labute approximate surface area is 250 Å². The molecule has 0 bridgehead atoms. The van der Waals surface area contributed by atoms with Gasteiger partial charge in [-0.3, -0.25) is 9.59 Å². The van der Waals surface area contributed by atoms with E-state index in [9.17, 15) is 19.2 Å². The molecule has 0 unspecified atom stereocenters. The number of esters is 2. The second kappa shape index (κ2) is 12.4. The molecule has 2 N–H and O–H groups in total. The first-order valence-electron chi connectivity index (χ1n) is 13.1. The Bertz CT molecular complexity index is 1820. The summed E-state index contributed by atoms with van der Waals surface area (Å²) in [4.78, 5) is 59.3. The summed E-state index contributed by atoms with van der Waals surface area (Å²) in [5, 5.41) is 6.92. The third kappa shape index (κ3) is 5.81. The maximum absolute atomic E-state index is 13.2. The molecule has 0 aliphatic carbocycles. The van der Waals surface area contributed by atoms with Gasteiger partial charge in [-0.05, 0) is 48.5 Å². The van der Waals surface area contributed by atoms with Gasteiger partial charge in [0.1, 0.15) is 22.9 Å². The zero-order valence-corrected chi connectivity index (χ0v) is 24.1. The molecule has 12 nitrogen and oxygen atoms in total. The number of nitrogens with one attached hydrogen (secondary N) is 2. The molecular weight excluding hydrogens is 568 g/mol. The van der Waals surface area contributed by atoms with Gasteiger partial charge in [-0.2, -0.15) is 0 Å². The number of nitrogens with zero attached hydrogens (tertiary/aromatic N) is 2. The van der Waals surface area contributed by atoms with Crippen LogP contribution in [0.4, 0.5) is 11.4 Å². The Morgan fingerprint density at radius 3 is 1.30 bits per heavy atom. The van der Waals surface area contributed by atoms with Crippen LogP contribution in [0.5, 0.6) is 11.5 Å². The van der Waals surface area contributed by atoms with E-state index >= 15 is 0 Å². The summed E-state index contributed by atoms with van der Waals surface area (Å²) in [5.41, 5.74) is 2.21. The summed E-state index contributed by atoms with van der Waals surface area (Å²) in [5.74, 6) is -1.60. The van der Waals surface area contributed by atoms with E-state index in [1.165, 1.54) is 64.8 Å². The maximum Gasteiger partial charge on any atom is 0.337 e. The molecule has 0 fully saturated rings. The molecule has 2 amide bonds. The Morgan fingerprint density at radius 2 is 0.932 bits per heavy atom. The van der Waals surface area contributed by atoms with Crippen LogP contribution in [0.3, 0.4) is 0 Å². The van der Waals surface area contributed by atoms with Gasteiger partial charge >= 0.3 is 11.9 Å². The van der Waals surface area contributed by atoms with Crippen molar-refractivity contribution in [1.29, 1.82) is 0 Å². The molecule has 0 aliphatic rings. The number of fused-ring (bicyclic) bond motifs is 3. The minimum Gasteiger partial charge on any atom is -0.495 e. The number of carbonyl (C=O) groups excluding carboxylic acids is 4. The zero-order chi connectivity index (χ0) is 31.4. The highest BCUT2D eigenvalue weighted by molar-refractivity contribution is 6.10. The van der Waals surface area contributed by atoms with E-state index in [-0.39, 0.29) is 34.0 Å². The van der Waals surface area contributed by atoms with Gasteiger partial charge in [-0.15, -0.1) is 0 Å². The number of hydrogen-bond acceptors (Lipinski definition) is 10. The van der Waals surface area contributed by atoms with Gasteiger partial charge in [-0.25, -0.2) is 19.6 Å². The Balaban J connectivity index is 1.45. The standard InChI is InChI=1S/C32H26N4O8/c1-41-25-15-19(31(39)43-3)9-11-21(25)35-29(37)23-13-7-17-5-6-18-8-14-24(34-28(18)27(17)33-23)30(38)36-22-12-10-20(32(40)44-4)16-26(22)42-2/h5-16H,1-4H3,(H,35,37)(H,36,38). The van der Waals surface area contributed by atoms with Crippen LogP contribution in [0, 0.1) is 0 Å². The molecule has 44 heavy (non-hydrogen) atoms. The van der Waals surface area contributed by atoms with Crippen molar-refractivity contribution in [3.8, 4) is 11.5 Å². The molecule has 0 atom stereocenters. The van der Waals surface area contributed by atoms with E-state index < -0.39 is 23.8 Å². The lowest BCUT2D eigenvalue weighted by molar-refractivity contribution is 0.0591. The molecule has 3 aromatic carbocycles. The fourth-order valence-electron chi connectivity index (χ4n) is 4.47. The third-order valence-electron chi connectivity index (χ3n) is 6.73. The normalized spacial score (nSPS) is 10.6. The van der Waals surface area contributed by atoms with Crippen LogP contribution in [-0.2, 0) is 9.47 Å². The average molecular weight is 595 g/mol. The molecule has 0 aliphatic heterocycles. The molecule has 0 saturated carbocycles. The number of anilines is 2. The third-order valence-corrected chi connectivity index (χ3v) is 6.73. The monoisotopic (exact) mass is 594 g/mol. The lowest BCUT2D eigenvalue weighted by Gasteiger charge is -2.12. The molecule has 2 aromatic heterocycles. The van der Waals surface area contributed by atoms with Gasteiger partial charge in [-0.1, -0.05) is 24.3 Å². The van der Waals surface area contributed by atoms with Gasteiger partial charge in [0.05, 0.1) is 62.0 Å². The van der Waals surface area contributed by atoms with E-state index in [0.717, 1.165) is 0 Å². The molecule has 0 spiro atoms. The van der Waals surface area contributed by atoms with Crippen LogP contribution < -0.4 is 20.1 Å². The summed E-state index contributed by atoms with van der Waals surface area (Å²) in [7, 11) is 5.37. The van der Waals surface area contributed by atoms with Crippen molar-refractivity contribution >= 4 is 56.9 Å². The quantitative estimate of drug-likeness (QED) is 0.188. The summed E-state index contributed by atoms with van der Waals surface area (Å²) in [6.07, 6.45) is 0. The summed E-state index contributed by atoms with van der Waals surface area (Å²) < 4.78 is 20.2. The number of benzene rings is 3. The van der Waals surface area contributed by atoms with Crippen molar-refractivity contribution in [3.63, 3.8) is 0 Å². The first-order chi connectivity index (χ1) is 21.3.